The number of anilines is 1. The maximum Gasteiger partial charge on any atom is 0.409 e. The topological polar surface area (TPSA) is 53.1 Å². The molecule has 0 unspecified atom stereocenters. The molecule has 6 nitrogen and oxygen atoms in total. The summed E-state index contributed by atoms with van der Waals surface area (Å²) < 4.78 is 18.8. The summed E-state index contributed by atoms with van der Waals surface area (Å²) in [5.74, 6) is -0.219. The van der Waals surface area contributed by atoms with Crippen molar-refractivity contribution in [3.05, 3.63) is 29.6 Å². The van der Waals surface area contributed by atoms with Crippen LogP contribution in [0.1, 0.15) is 38.2 Å². The van der Waals surface area contributed by atoms with E-state index in [0.717, 1.165) is 63.1 Å². The van der Waals surface area contributed by atoms with Crippen LogP contribution in [-0.2, 0) is 14.9 Å². The molecule has 0 radical (unpaired) electrons. The van der Waals surface area contributed by atoms with Gasteiger partial charge in [-0.1, -0.05) is 0 Å². The number of hydrogen-bond acceptors (Lipinski definition) is 4. The lowest BCUT2D eigenvalue weighted by Crippen LogP contribution is -2.52. The molecule has 0 aromatic heterocycles. The molecule has 152 valence electrons. The lowest BCUT2D eigenvalue weighted by molar-refractivity contribution is -0.116. The molecule has 0 bridgehead atoms. The van der Waals surface area contributed by atoms with Gasteiger partial charge in [-0.3, -0.25) is 4.79 Å². The second kappa shape index (κ2) is 7.35. The molecular weight excluding hydrogens is 361 g/mol. The number of methoxy groups -OCH3 is 1. The summed E-state index contributed by atoms with van der Waals surface area (Å²) in [5.41, 5.74) is 1.71. The van der Waals surface area contributed by atoms with Gasteiger partial charge in [-0.25, -0.2) is 9.18 Å². The van der Waals surface area contributed by atoms with Crippen LogP contribution in [0, 0.1) is 5.82 Å². The van der Waals surface area contributed by atoms with E-state index in [1.807, 2.05) is 0 Å². The van der Waals surface area contributed by atoms with E-state index in [9.17, 15) is 14.0 Å². The SMILES string of the molecule is COC(=O)N1CCC(N2CCC3(CC2)CN(C(C)=O)c2ccc(F)cc23)CC1. The summed E-state index contributed by atoms with van der Waals surface area (Å²) in [6.07, 6.45) is 3.50. The van der Waals surface area contributed by atoms with Crippen molar-refractivity contribution >= 4 is 17.7 Å². The number of amides is 2. The van der Waals surface area contributed by atoms with Gasteiger partial charge in [-0.15, -0.1) is 0 Å². The van der Waals surface area contributed by atoms with Gasteiger partial charge in [0.2, 0.25) is 5.91 Å². The lowest BCUT2D eigenvalue weighted by atomic mass is 9.74. The van der Waals surface area contributed by atoms with Gasteiger partial charge in [0.15, 0.2) is 0 Å². The quantitative estimate of drug-likeness (QED) is 0.741. The molecule has 7 heteroatoms. The molecule has 4 rings (SSSR count). The van der Waals surface area contributed by atoms with Gasteiger partial charge in [0.25, 0.3) is 0 Å². The summed E-state index contributed by atoms with van der Waals surface area (Å²) in [5, 5.41) is 0. The lowest BCUT2D eigenvalue weighted by Gasteiger charge is -2.45. The largest absolute Gasteiger partial charge is 0.453 e. The van der Waals surface area contributed by atoms with Gasteiger partial charge >= 0.3 is 6.09 Å². The highest BCUT2D eigenvalue weighted by Gasteiger charge is 2.46. The predicted molar refractivity (Wildman–Crippen MR) is 104 cm³/mol. The van der Waals surface area contributed by atoms with E-state index in [4.69, 9.17) is 4.74 Å². The molecule has 1 spiro atoms. The Balaban J connectivity index is 1.44. The van der Waals surface area contributed by atoms with Gasteiger partial charge in [0, 0.05) is 43.7 Å². The van der Waals surface area contributed by atoms with Gasteiger partial charge in [-0.2, -0.15) is 0 Å². The van der Waals surface area contributed by atoms with Crippen LogP contribution in [0.5, 0.6) is 0 Å². The van der Waals surface area contributed by atoms with E-state index < -0.39 is 0 Å². The van der Waals surface area contributed by atoms with E-state index in [1.165, 1.54) is 13.2 Å². The number of carbonyl (C=O) groups excluding carboxylic acids is 2. The molecule has 1 aromatic carbocycles. The number of rotatable bonds is 1. The minimum atomic E-state index is -0.245. The third-order valence-electron chi connectivity index (χ3n) is 6.83. The van der Waals surface area contributed by atoms with Crippen LogP contribution in [-0.4, -0.2) is 67.7 Å². The van der Waals surface area contributed by atoms with Crippen molar-refractivity contribution in [3.63, 3.8) is 0 Å². The zero-order valence-electron chi connectivity index (χ0n) is 16.6. The molecule has 0 atom stereocenters. The molecule has 3 heterocycles. The molecule has 28 heavy (non-hydrogen) atoms. The maximum atomic E-state index is 14.0. The number of likely N-dealkylation sites (tertiary alicyclic amines) is 2. The Morgan fingerprint density at radius 3 is 2.43 bits per heavy atom. The van der Waals surface area contributed by atoms with E-state index in [0.29, 0.717) is 12.6 Å². The number of carbonyl (C=O) groups is 2. The molecule has 0 aliphatic carbocycles. The van der Waals surface area contributed by atoms with Crippen LogP contribution < -0.4 is 4.90 Å². The first-order valence-electron chi connectivity index (χ1n) is 10.1. The van der Waals surface area contributed by atoms with Gasteiger partial charge in [-0.05, 0) is 62.5 Å². The minimum absolute atomic E-state index is 0.0161. The Morgan fingerprint density at radius 1 is 1.14 bits per heavy atom. The molecule has 0 saturated carbocycles. The van der Waals surface area contributed by atoms with Gasteiger partial charge < -0.3 is 19.4 Å². The van der Waals surface area contributed by atoms with Crippen LogP contribution in [0.25, 0.3) is 0 Å². The second-order valence-corrected chi connectivity index (χ2v) is 8.27. The maximum absolute atomic E-state index is 14.0. The molecule has 3 aliphatic rings. The van der Waals surface area contributed by atoms with Crippen LogP contribution in [0.4, 0.5) is 14.9 Å². The number of ether oxygens (including phenoxy) is 1. The fourth-order valence-corrected chi connectivity index (χ4v) is 5.21. The fourth-order valence-electron chi connectivity index (χ4n) is 5.21. The highest BCUT2D eigenvalue weighted by molar-refractivity contribution is 5.94. The van der Waals surface area contributed by atoms with Crippen molar-refractivity contribution < 1.29 is 18.7 Å². The molecule has 2 amide bonds. The smallest absolute Gasteiger partial charge is 0.409 e. The predicted octanol–water partition coefficient (Wildman–Crippen LogP) is 2.76. The summed E-state index contributed by atoms with van der Waals surface area (Å²) in [4.78, 5) is 29.9. The Morgan fingerprint density at radius 2 is 1.82 bits per heavy atom. The van der Waals surface area contributed by atoms with E-state index in [-0.39, 0.29) is 23.2 Å². The first-order chi connectivity index (χ1) is 13.4. The van der Waals surface area contributed by atoms with Crippen molar-refractivity contribution in [2.45, 2.75) is 44.1 Å². The number of piperidine rings is 2. The third-order valence-corrected chi connectivity index (χ3v) is 6.83. The molecule has 3 aliphatic heterocycles. The summed E-state index contributed by atoms with van der Waals surface area (Å²) in [6.45, 7) is 5.55. The number of fused-ring (bicyclic) bond motifs is 2. The second-order valence-electron chi connectivity index (χ2n) is 8.27. The van der Waals surface area contributed by atoms with Crippen molar-refractivity contribution in [2.75, 3.05) is 44.7 Å². The highest BCUT2D eigenvalue weighted by atomic mass is 19.1. The highest BCUT2D eigenvalue weighted by Crippen LogP contribution is 2.47. The van der Waals surface area contributed by atoms with Crippen molar-refractivity contribution in [1.82, 2.24) is 9.80 Å². The standard InChI is InChI=1S/C21H28FN3O3/c1-15(26)25-14-21(18-13-16(22)3-4-19(18)25)7-11-23(12-8-21)17-5-9-24(10-6-17)20(27)28-2/h3-4,13,17H,5-12,14H2,1-2H3. The Hall–Kier alpha value is -2.15. The average Bonchev–Trinajstić information content (AvgIpc) is 3.02. The van der Waals surface area contributed by atoms with Crippen LogP contribution >= 0.6 is 0 Å². The zero-order valence-corrected chi connectivity index (χ0v) is 16.6. The van der Waals surface area contributed by atoms with Crippen molar-refractivity contribution in [3.8, 4) is 0 Å². The summed E-state index contributed by atoms with van der Waals surface area (Å²) in [6, 6.07) is 5.28. The average molecular weight is 389 g/mol. The number of benzene rings is 1. The molecule has 0 N–H and O–H groups in total. The third kappa shape index (κ3) is 3.26. The van der Waals surface area contributed by atoms with Gasteiger partial charge in [0.05, 0.1) is 7.11 Å². The van der Waals surface area contributed by atoms with Crippen LogP contribution in [0.2, 0.25) is 0 Å². The monoisotopic (exact) mass is 389 g/mol. The summed E-state index contributed by atoms with van der Waals surface area (Å²) >= 11 is 0. The number of halogens is 1. The normalized spacial score (nSPS) is 22.4. The molecular formula is C21H28FN3O3. The van der Waals surface area contributed by atoms with Crippen molar-refractivity contribution in [1.29, 1.82) is 0 Å². The van der Waals surface area contributed by atoms with Crippen molar-refractivity contribution in [2.24, 2.45) is 0 Å². The minimum Gasteiger partial charge on any atom is -0.453 e. The van der Waals surface area contributed by atoms with E-state index in [1.54, 1.807) is 28.9 Å². The summed E-state index contributed by atoms with van der Waals surface area (Å²) in [7, 11) is 1.42. The van der Waals surface area contributed by atoms with Crippen LogP contribution in [0.3, 0.4) is 0 Å². The van der Waals surface area contributed by atoms with E-state index in [2.05, 4.69) is 4.90 Å². The first-order valence-corrected chi connectivity index (χ1v) is 10.1. The number of nitrogens with zero attached hydrogens (tertiary/aromatic N) is 3. The fraction of sp³-hybridized carbons (Fsp3) is 0.619. The molecule has 2 saturated heterocycles. The first kappa shape index (κ1) is 19.2. The van der Waals surface area contributed by atoms with Gasteiger partial charge in [0.1, 0.15) is 5.82 Å². The Kier molecular flexibility index (Phi) is 5.04. The molecule has 2 fully saturated rings. The zero-order chi connectivity index (χ0) is 19.9. The van der Waals surface area contributed by atoms with Crippen LogP contribution in [0.15, 0.2) is 18.2 Å². The Bertz CT molecular complexity index is 768. The van der Waals surface area contributed by atoms with E-state index >= 15 is 0 Å². The Labute approximate surface area is 165 Å². The molecule has 1 aromatic rings. The number of hydrogen-bond donors (Lipinski definition) is 0.